The fourth-order valence-corrected chi connectivity index (χ4v) is 4.07. The summed E-state index contributed by atoms with van der Waals surface area (Å²) in [5, 5.41) is 24.9. The van der Waals surface area contributed by atoms with Crippen LogP contribution in [0.25, 0.3) is 10.8 Å². The van der Waals surface area contributed by atoms with Crippen LogP contribution in [0.15, 0.2) is 73.3 Å². The summed E-state index contributed by atoms with van der Waals surface area (Å²) in [5.41, 5.74) is 0.887. The molecule has 3 aromatic rings. The molecule has 0 spiro atoms. The lowest BCUT2D eigenvalue weighted by molar-refractivity contribution is -0.384. The highest BCUT2D eigenvalue weighted by Gasteiger charge is 2.24. The van der Waals surface area contributed by atoms with Crippen molar-refractivity contribution in [2.24, 2.45) is 5.92 Å². The molecule has 8 nitrogen and oxygen atoms in total. The predicted octanol–water partition coefficient (Wildman–Crippen LogP) is 5.89. The summed E-state index contributed by atoms with van der Waals surface area (Å²) in [6.45, 7) is 5.88. The summed E-state index contributed by atoms with van der Waals surface area (Å²) >= 11 is 0. The van der Waals surface area contributed by atoms with Crippen LogP contribution in [0.4, 0.5) is 5.69 Å². The van der Waals surface area contributed by atoms with Crippen LogP contribution in [0.1, 0.15) is 48.5 Å². The molecule has 8 heteroatoms. The maximum Gasteiger partial charge on any atom is 0.326 e. The minimum Gasteiger partial charge on any atom is -0.487 e. The van der Waals surface area contributed by atoms with E-state index in [4.69, 9.17) is 4.74 Å². The Morgan fingerprint density at radius 1 is 1.11 bits per heavy atom. The monoisotopic (exact) mass is 490 g/mol. The number of aliphatic carboxylic acids is 1. The van der Waals surface area contributed by atoms with Gasteiger partial charge in [0.05, 0.1) is 10.5 Å². The van der Waals surface area contributed by atoms with E-state index in [1.165, 1.54) is 12.1 Å². The molecule has 0 saturated heterocycles. The fourth-order valence-electron chi connectivity index (χ4n) is 4.07. The predicted molar refractivity (Wildman–Crippen MR) is 138 cm³/mol. The van der Waals surface area contributed by atoms with Crippen molar-refractivity contribution in [3.05, 3.63) is 94.6 Å². The van der Waals surface area contributed by atoms with Gasteiger partial charge in [-0.2, -0.15) is 0 Å². The van der Waals surface area contributed by atoms with E-state index in [2.05, 4.69) is 11.9 Å². The van der Waals surface area contributed by atoms with E-state index in [9.17, 15) is 24.8 Å². The van der Waals surface area contributed by atoms with Gasteiger partial charge in [-0.25, -0.2) is 4.79 Å². The first kappa shape index (κ1) is 26.4. The quantitative estimate of drug-likeness (QED) is 0.175. The van der Waals surface area contributed by atoms with Crippen molar-refractivity contribution in [2.45, 2.75) is 45.3 Å². The number of carbonyl (C=O) groups is 2. The number of nitrogens with zero attached hydrogens (tertiary/aromatic N) is 1. The van der Waals surface area contributed by atoms with Gasteiger partial charge in [0.2, 0.25) is 0 Å². The Balaban J connectivity index is 1.84. The third-order valence-electron chi connectivity index (χ3n) is 6.20. The van der Waals surface area contributed by atoms with Gasteiger partial charge in [-0.3, -0.25) is 14.9 Å². The number of nitrogens with one attached hydrogen (secondary N) is 1. The molecule has 2 N–H and O–H groups in total. The molecule has 0 bridgehead atoms. The number of nitro benzene ring substituents is 1. The molecule has 3 rings (SSSR count). The average molecular weight is 491 g/mol. The highest BCUT2D eigenvalue weighted by molar-refractivity contribution is 6.04. The Hall–Kier alpha value is -4.20. The average Bonchev–Trinajstić information content (AvgIpc) is 2.88. The van der Waals surface area contributed by atoms with Gasteiger partial charge in [-0.15, -0.1) is 6.58 Å². The van der Waals surface area contributed by atoms with Gasteiger partial charge in [-0.1, -0.05) is 49.8 Å². The van der Waals surface area contributed by atoms with Gasteiger partial charge in [0.15, 0.2) is 0 Å². The number of fused-ring (bicyclic) bond motifs is 1. The number of benzene rings is 3. The summed E-state index contributed by atoms with van der Waals surface area (Å²) in [4.78, 5) is 35.6. The van der Waals surface area contributed by atoms with Crippen LogP contribution in [0, 0.1) is 16.0 Å². The zero-order valence-electron chi connectivity index (χ0n) is 20.2. The molecule has 0 saturated carbocycles. The third kappa shape index (κ3) is 6.69. The first-order valence-electron chi connectivity index (χ1n) is 11.9. The fraction of sp³-hybridized carbons (Fsp3) is 0.286. The summed E-state index contributed by atoms with van der Waals surface area (Å²) in [7, 11) is 0. The van der Waals surface area contributed by atoms with Crippen LogP contribution in [-0.4, -0.2) is 27.9 Å². The van der Waals surface area contributed by atoms with E-state index >= 15 is 0 Å². The van der Waals surface area contributed by atoms with Gasteiger partial charge in [0, 0.05) is 17.5 Å². The number of carboxylic acid groups (broad SMARTS) is 1. The molecule has 1 unspecified atom stereocenters. The van der Waals surface area contributed by atoms with Crippen LogP contribution in [-0.2, 0) is 11.4 Å². The first-order chi connectivity index (χ1) is 17.3. The molecular formula is C28H30N2O6. The van der Waals surface area contributed by atoms with Crippen molar-refractivity contribution in [1.29, 1.82) is 0 Å². The molecule has 3 aromatic carbocycles. The van der Waals surface area contributed by atoms with E-state index in [1.807, 2.05) is 37.3 Å². The van der Waals surface area contributed by atoms with Crippen molar-refractivity contribution in [2.75, 3.05) is 0 Å². The second-order valence-corrected chi connectivity index (χ2v) is 8.62. The largest absolute Gasteiger partial charge is 0.487 e. The summed E-state index contributed by atoms with van der Waals surface area (Å²) in [6, 6.07) is 15.8. The Labute approximate surface area is 209 Å². The van der Waals surface area contributed by atoms with Gasteiger partial charge in [0.1, 0.15) is 18.4 Å². The minimum absolute atomic E-state index is 0.0258. The summed E-state index contributed by atoms with van der Waals surface area (Å²) in [5.74, 6) is -0.997. The van der Waals surface area contributed by atoms with E-state index in [0.717, 1.165) is 18.2 Å². The van der Waals surface area contributed by atoms with Crippen LogP contribution in [0.3, 0.4) is 0 Å². The maximum atomic E-state index is 13.2. The SMILES string of the molecule is C=CCC(CC)CC[C@H](NC(=O)c1ccc2ccccc2c1OCc1ccc([N+](=O)[O-])cc1)C(=O)O. The van der Waals surface area contributed by atoms with E-state index < -0.39 is 22.8 Å². The summed E-state index contributed by atoms with van der Waals surface area (Å²) in [6.07, 6.45) is 4.48. The molecule has 0 aliphatic heterocycles. The lowest BCUT2D eigenvalue weighted by Gasteiger charge is -2.20. The van der Waals surface area contributed by atoms with Crippen molar-refractivity contribution >= 4 is 28.3 Å². The van der Waals surface area contributed by atoms with Crippen molar-refractivity contribution in [1.82, 2.24) is 5.32 Å². The van der Waals surface area contributed by atoms with Crippen LogP contribution in [0.2, 0.25) is 0 Å². The number of nitro groups is 1. The van der Waals surface area contributed by atoms with Gasteiger partial charge >= 0.3 is 5.97 Å². The molecule has 2 atom stereocenters. The van der Waals surface area contributed by atoms with Gasteiger partial charge < -0.3 is 15.2 Å². The second kappa shape index (κ2) is 12.5. The number of non-ortho nitro benzene ring substituents is 1. The molecule has 0 radical (unpaired) electrons. The van der Waals surface area contributed by atoms with Crippen molar-refractivity contribution < 1.29 is 24.4 Å². The lowest BCUT2D eigenvalue weighted by Crippen LogP contribution is -2.41. The maximum absolute atomic E-state index is 13.2. The number of ether oxygens (including phenoxy) is 1. The lowest BCUT2D eigenvalue weighted by atomic mass is 9.94. The number of carboxylic acids is 1. The number of carbonyl (C=O) groups excluding carboxylic acids is 1. The van der Waals surface area contributed by atoms with E-state index in [0.29, 0.717) is 35.5 Å². The standard InChI is InChI=1S/C28H30N2O6/c1-3-7-19(4-2)12-17-25(28(32)33)29-27(31)24-16-13-21-8-5-6-9-23(21)26(24)36-18-20-10-14-22(15-11-20)30(34)35/h3,5-6,8-11,13-16,19,25H,1,4,7,12,17-18H2,2H3,(H,29,31)(H,32,33)/t19?,25-/m0/s1. The van der Waals surface area contributed by atoms with Crippen LogP contribution >= 0.6 is 0 Å². The Morgan fingerprint density at radius 2 is 1.83 bits per heavy atom. The van der Waals surface area contributed by atoms with Crippen LogP contribution in [0.5, 0.6) is 5.75 Å². The van der Waals surface area contributed by atoms with E-state index in [-0.39, 0.29) is 17.9 Å². The van der Waals surface area contributed by atoms with Gasteiger partial charge in [-0.05, 0) is 54.3 Å². The molecular weight excluding hydrogens is 460 g/mol. The molecule has 188 valence electrons. The van der Waals surface area contributed by atoms with Crippen LogP contribution < -0.4 is 10.1 Å². The minimum atomic E-state index is -1.09. The molecule has 0 aliphatic rings. The number of hydrogen-bond donors (Lipinski definition) is 2. The number of amides is 1. The Bertz CT molecular complexity index is 1240. The third-order valence-corrected chi connectivity index (χ3v) is 6.20. The first-order valence-corrected chi connectivity index (χ1v) is 11.9. The normalized spacial score (nSPS) is 12.5. The van der Waals surface area contributed by atoms with Crippen molar-refractivity contribution in [3.8, 4) is 5.75 Å². The molecule has 0 fully saturated rings. The molecule has 0 heterocycles. The van der Waals surface area contributed by atoms with E-state index in [1.54, 1.807) is 24.3 Å². The molecule has 0 aliphatic carbocycles. The zero-order chi connectivity index (χ0) is 26.1. The molecule has 0 aromatic heterocycles. The number of rotatable bonds is 13. The second-order valence-electron chi connectivity index (χ2n) is 8.62. The molecule has 1 amide bonds. The topological polar surface area (TPSA) is 119 Å². The zero-order valence-corrected chi connectivity index (χ0v) is 20.2. The number of hydrogen-bond acceptors (Lipinski definition) is 5. The molecule has 36 heavy (non-hydrogen) atoms. The highest BCUT2D eigenvalue weighted by atomic mass is 16.6. The smallest absolute Gasteiger partial charge is 0.326 e. The van der Waals surface area contributed by atoms with Gasteiger partial charge in [0.25, 0.3) is 11.6 Å². The Morgan fingerprint density at radius 3 is 2.47 bits per heavy atom. The van der Waals surface area contributed by atoms with Crippen molar-refractivity contribution in [3.63, 3.8) is 0 Å². The number of allylic oxidation sites excluding steroid dienone is 1. The Kier molecular flexibility index (Phi) is 9.16. The highest BCUT2D eigenvalue weighted by Crippen LogP contribution is 2.31. The summed E-state index contributed by atoms with van der Waals surface area (Å²) < 4.78 is 6.06.